The number of thiophene rings is 1. The Kier molecular flexibility index (Phi) is 6.77. The van der Waals surface area contributed by atoms with Crippen molar-refractivity contribution in [3.63, 3.8) is 0 Å². The lowest BCUT2D eigenvalue weighted by molar-refractivity contribution is -0.208. The van der Waals surface area contributed by atoms with Crippen LogP contribution in [0.15, 0.2) is 41.1 Å². The topological polar surface area (TPSA) is 32.8 Å². The van der Waals surface area contributed by atoms with Crippen LogP contribution in [-0.2, 0) is 22.7 Å². The smallest absolute Gasteiger partial charge is 0.243 e. The molecule has 0 spiro atoms. The highest BCUT2D eigenvalue weighted by molar-refractivity contribution is 7.07. The number of hydrogen-bond acceptors (Lipinski definition) is 4. The summed E-state index contributed by atoms with van der Waals surface area (Å²) in [6.45, 7) is 4.51. The maximum atomic E-state index is 13.7. The van der Waals surface area contributed by atoms with Crippen molar-refractivity contribution in [2.75, 3.05) is 19.6 Å². The van der Waals surface area contributed by atoms with Crippen LogP contribution < -0.4 is 0 Å². The largest absolute Gasteiger partial charge is 0.303 e. The third-order valence-electron chi connectivity index (χ3n) is 4.81. The molecule has 0 aliphatic carbocycles. The molecule has 1 saturated heterocycles. The van der Waals surface area contributed by atoms with Gasteiger partial charge in [0.05, 0.1) is 6.04 Å². The number of amides is 1. The minimum Gasteiger partial charge on any atom is -0.303 e. The molecule has 6 heteroatoms. The maximum Gasteiger partial charge on any atom is 0.243 e. The molecule has 2 aromatic rings. The molecule has 0 unspecified atom stereocenters. The van der Waals surface area contributed by atoms with Crippen LogP contribution in [0.25, 0.3) is 0 Å². The number of carbonyl (C=O) groups is 1. The molecule has 26 heavy (non-hydrogen) atoms. The molecule has 1 aromatic heterocycles. The molecule has 1 aliphatic rings. The molecule has 1 fully saturated rings. The number of piperidine rings is 1. The molecule has 1 amide bonds. The van der Waals surface area contributed by atoms with Gasteiger partial charge in [0.2, 0.25) is 5.91 Å². The van der Waals surface area contributed by atoms with Crippen molar-refractivity contribution in [3.8, 4) is 0 Å². The lowest BCUT2D eigenvalue weighted by Gasteiger charge is -2.37. The first kappa shape index (κ1) is 19.0. The minimum atomic E-state index is -0.306. The van der Waals surface area contributed by atoms with E-state index >= 15 is 0 Å². The van der Waals surface area contributed by atoms with Crippen molar-refractivity contribution in [2.24, 2.45) is 0 Å². The molecule has 2 heterocycles. The van der Waals surface area contributed by atoms with Crippen molar-refractivity contribution < 1.29 is 14.0 Å². The summed E-state index contributed by atoms with van der Waals surface area (Å²) in [6.07, 6.45) is 2.81. The van der Waals surface area contributed by atoms with Gasteiger partial charge < -0.3 is 4.90 Å². The molecular weight excluding hydrogens is 351 g/mol. The Morgan fingerprint density at radius 2 is 2.08 bits per heavy atom. The second-order valence-electron chi connectivity index (χ2n) is 6.66. The standard InChI is InChI=1S/C20H25FN2O2S/c1-16(24)23(25-14-18-4-2-3-5-20(18)21)19-7-11-22(12-8-19)10-6-17-9-13-26-15-17/h2-5,9,13,15,19H,6-8,10-12,14H2,1H3. The molecule has 140 valence electrons. The maximum absolute atomic E-state index is 13.7. The van der Waals surface area contributed by atoms with E-state index in [9.17, 15) is 9.18 Å². The van der Waals surface area contributed by atoms with Crippen LogP contribution in [0, 0.1) is 5.82 Å². The van der Waals surface area contributed by atoms with E-state index in [-0.39, 0.29) is 24.4 Å². The van der Waals surface area contributed by atoms with E-state index in [0.29, 0.717) is 5.56 Å². The zero-order chi connectivity index (χ0) is 18.4. The number of halogens is 1. The van der Waals surface area contributed by atoms with Crippen LogP contribution >= 0.6 is 11.3 Å². The van der Waals surface area contributed by atoms with Crippen LogP contribution in [0.2, 0.25) is 0 Å². The second-order valence-corrected chi connectivity index (χ2v) is 7.44. The summed E-state index contributed by atoms with van der Waals surface area (Å²) in [5, 5.41) is 5.75. The van der Waals surface area contributed by atoms with Crippen LogP contribution in [-0.4, -0.2) is 41.5 Å². The molecule has 1 aromatic carbocycles. The minimum absolute atomic E-state index is 0.0525. The summed E-state index contributed by atoms with van der Waals surface area (Å²) in [5.74, 6) is -0.433. The first-order chi connectivity index (χ1) is 12.6. The van der Waals surface area contributed by atoms with Crippen molar-refractivity contribution in [1.29, 1.82) is 0 Å². The summed E-state index contributed by atoms with van der Waals surface area (Å²) in [4.78, 5) is 20.1. The number of hydroxylamine groups is 2. The molecule has 1 aliphatic heterocycles. The number of carbonyl (C=O) groups excluding carboxylic acids is 1. The van der Waals surface area contributed by atoms with Gasteiger partial charge in [-0.1, -0.05) is 18.2 Å². The molecule has 0 N–H and O–H groups in total. The van der Waals surface area contributed by atoms with E-state index in [0.717, 1.165) is 38.9 Å². The van der Waals surface area contributed by atoms with Gasteiger partial charge in [-0.25, -0.2) is 9.45 Å². The third-order valence-corrected chi connectivity index (χ3v) is 5.54. The van der Waals surface area contributed by atoms with E-state index < -0.39 is 0 Å². The molecule has 4 nitrogen and oxygen atoms in total. The fraction of sp³-hybridized carbons (Fsp3) is 0.450. The molecule has 0 bridgehead atoms. The van der Waals surface area contributed by atoms with Gasteiger partial charge in [-0.05, 0) is 47.7 Å². The Hall–Kier alpha value is -1.76. The van der Waals surface area contributed by atoms with E-state index in [1.165, 1.54) is 23.6 Å². The van der Waals surface area contributed by atoms with E-state index in [1.807, 2.05) is 0 Å². The van der Waals surface area contributed by atoms with E-state index in [4.69, 9.17) is 4.84 Å². The predicted octanol–water partition coefficient (Wildman–Crippen LogP) is 3.87. The Morgan fingerprint density at radius 1 is 1.31 bits per heavy atom. The number of hydrogen-bond donors (Lipinski definition) is 0. The fourth-order valence-electron chi connectivity index (χ4n) is 3.31. The van der Waals surface area contributed by atoms with Gasteiger partial charge in [0.25, 0.3) is 0 Å². The van der Waals surface area contributed by atoms with Crippen molar-refractivity contribution in [1.82, 2.24) is 9.96 Å². The fourth-order valence-corrected chi connectivity index (χ4v) is 4.01. The predicted molar refractivity (Wildman–Crippen MR) is 101 cm³/mol. The number of nitrogens with zero attached hydrogens (tertiary/aromatic N) is 2. The van der Waals surface area contributed by atoms with Crippen LogP contribution in [0.5, 0.6) is 0 Å². The molecular formula is C20H25FN2O2S. The lowest BCUT2D eigenvalue weighted by atomic mass is 10.0. The highest BCUT2D eigenvalue weighted by Gasteiger charge is 2.27. The third kappa shape index (κ3) is 5.13. The monoisotopic (exact) mass is 376 g/mol. The first-order valence-electron chi connectivity index (χ1n) is 9.03. The quantitative estimate of drug-likeness (QED) is 0.688. The molecule has 0 saturated carbocycles. The van der Waals surface area contributed by atoms with Gasteiger partial charge in [0.1, 0.15) is 12.4 Å². The van der Waals surface area contributed by atoms with E-state index in [1.54, 1.807) is 29.5 Å². The van der Waals surface area contributed by atoms with Crippen molar-refractivity contribution in [2.45, 2.75) is 38.8 Å². The molecule has 0 radical (unpaired) electrons. The van der Waals surface area contributed by atoms with Crippen LogP contribution in [0.3, 0.4) is 0 Å². The van der Waals surface area contributed by atoms with Crippen LogP contribution in [0.1, 0.15) is 30.9 Å². The first-order valence-corrected chi connectivity index (χ1v) is 9.97. The summed E-state index contributed by atoms with van der Waals surface area (Å²) >= 11 is 1.73. The van der Waals surface area contributed by atoms with Gasteiger partial charge in [0.15, 0.2) is 0 Å². The zero-order valence-electron chi connectivity index (χ0n) is 15.1. The molecule has 0 atom stereocenters. The normalized spacial score (nSPS) is 15.9. The van der Waals surface area contributed by atoms with Gasteiger partial charge in [0, 0.05) is 32.1 Å². The van der Waals surface area contributed by atoms with Crippen LogP contribution in [0.4, 0.5) is 4.39 Å². The lowest BCUT2D eigenvalue weighted by Crippen LogP contribution is -2.47. The van der Waals surface area contributed by atoms with Crippen molar-refractivity contribution in [3.05, 3.63) is 58.0 Å². The van der Waals surface area contributed by atoms with Gasteiger partial charge in [-0.2, -0.15) is 11.3 Å². The second kappa shape index (κ2) is 9.26. The average Bonchev–Trinajstić information content (AvgIpc) is 3.16. The van der Waals surface area contributed by atoms with Gasteiger partial charge in [-0.15, -0.1) is 0 Å². The number of benzene rings is 1. The average molecular weight is 376 g/mol. The Morgan fingerprint density at radius 3 is 2.73 bits per heavy atom. The highest BCUT2D eigenvalue weighted by Crippen LogP contribution is 2.19. The van der Waals surface area contributed by atoms with Gasteiger partial charge in [-0.3, -0.25) is 9.63 Å². The Balaban J connectivity index is 1.48. The number of rotatable bonds is 7. The Bertz CT molecular complexity index is 700. The molecule has 3 rings (SSSR count). The summed E-state index contributed by atoms with van der Waals surface area (Å²) in [5.41, 5.74) is 1.85. The van der Waals surface area contributed by atoms with Gasteiger partial charge >= 0.3 is 0 Å². The SMILES string of the molecule is CC(=O)N(OCc1ccccc1F)C1CCN(CCc2ccsc2)CC1. The summed E-state index contributed by atoms with van der Waals surface area (Å²) in [7, 11) is 0. The zero-order valence-corrected chi connectivity index (χ0v) is 15.9. The summed E-state index contributed by atoms with van der Waals surface area (Å²) < 4.78 is 13.7. The number of likely N-dealkylation sites (tertiary alicyclic amines) is 1. The highest BCUT2D eigenvalue weighted by atomic mass is 32.1. The Labute approximate surface area is 158 Å². The van der Waals surface area contributed by atoms with E-state index in [2.05, 4.69) is 21.7 Å². The van der Waals surface area contributed by atoms with Crippen molar-refractivity contribution >= 4 is 17.2 Å². The summed E-state index contributed by atoms with van der Waals surface area (Å²) in [6, 6.07) is 8.73.